The van der Waals surface area contributed by atoms with Gasteiger partial charge in [-0.25, -0.2) is 0 Å². The second-order valence-electron chi connectivity index (χ2n) is 5.42. The summed E-state index contributed by atoms with van der Waals surface area (Å²) in [4.78, 5) is 23.3. The Morgan fingerprint density at radius 2 is 2.17 bits per heavy atom. The minimum atomic E-state index is -0.861. The molecule has 0 spiro atoms. The first-order valence-electron chi connectivity index (χ1n) is 6.71. The molecule has 0 aromatic carbocycles. The first-order valence-corrected chi connectivity index (χ1v) is 6.71. The lowest BCUT2D eigenvalue weighted by Crippen LogP contribution is -2.55. The third-order valence-corrected chi connectivity index (χ3v) is 3.95. The molecule has 0 radical (unpaired) electrons. The van der Waals surface area contributed by atoms with E-state index < -0.39 is 17.4 Å². The Morgan fingerprint density at radius 3 is 2.72 bits per heavy atom. The molecule has 3 atom stereocenters. The molecule has 18 heavy (non-hydrogen) atoms. The summed E-state index contributed by atoms with van der Waals surface area (Å²) in [5, 5.41) is 12.2. The lowest BCUT2D eigenvalue weighted by Gasteiger charge is -2.38. The van der Waals surface area contributed by atoms with Crippen molar-refractivity contribution >= 4 is 11.9 Å². The van der Waals surface area contributed by atoms with Gasteiger partial charge in [-0.2, -0.15) is 0 Å². The van der Waals surface area contributed by atoms with Gasteiger partial charge in [0.2, 0.25) is 5.91 Å². The fourth-order valence-electron chi connectivity index (χ4n) is 2.54. The van der Waals surface area contributed by atoms with E-state index in [1.165, 1.54) is 0 Å². The van der Waals surface area contributed by atoms with Gasteiger partial charge >= 0.3 is 5.97 Å². The third-order valence-electron chi connectivity index (χ3n) is 3.95. The van der Waals surface area contributed by atoms with Crippen LogP contribution in [-0.2, 0) is 9.59 Å². The molecule has 1 aliphatic carbocycles. The van der Waals surface area contributed by atoms with Crippen molar-refractivity contribution in [3.63, 3.8) is 0 Å². The van der Waals surface area contributed by atoms with E-state index in [9.17, 15) is 14.7 Å². The molecule has 0 aromatic heterocycles. The first kappa shape index (κ1) is 15.0. The van der Waals surface area contributed by atoms with Crippen LogP contribution in [-0.4, -0.2) is 29.1 Å². The maximum absolute atomic E-state index is 11.9. The van der Waals surface area contributed by atoms with Crippen molar-refractivity contribution in [2.24, 2.45) is 11.1 Å². The third kappa shape index (κ3) is 3.22. The van der Waals surface area contributed by atoms with Crippen molar-refractivity contribution in [3.05, 3.63) is 0 Å². The average Bonchev–Trinajstić information content (AvgIpc) is 2.32. The minimum Gasteiger partial charge on any atom is -0.481 e. The van der Waals surface area contributed by atoms with Gasteiger partial charge < -0.3 is 16.2 Å². The molecule has 0 bridgehead atoms. The van der Waals surface area contributed by atoms with Crippen LogP contribution in [0.25, 0.3) is 0 Å². The number of carboxylic acid groups (broad SMARTS) is 1. The van der Waals surface area contributed by atoms with Crippen molar-refractivity contribution in [2.75, 3.05) is 0 Å². The van der Waals surface area contributed by atoms with Crippen LogP contribution in [0.3, 0.4) is 0 Å². The van der Waals surface area contributed by atoms with Gasteiger partial charge in [0.15, 0.2) is 0 Å². The molecular formula is C13H24N2O3. The van der Waals surface area contributed by atoms with E-state index in [0.717, 1.165) is 19.3 Å². The van der Waals surface area contributed by atoms with E-state index in [1.807, 2.05) is 6.92 Å². The van der Waals surface area contributed by atoms with Crippen molar-refractivity contribution in [3.8, 4) is 0 Å². The number of hydrogen-bond donors (Lipinski definition) is 3. The molecule has 5 heteroatoms. The SMILES string of the molecule is CCC[C@@H](N)C(=O)NC1CCCCC1(C)C(=O)O. The Bertz CT molecular complexity index is 319. The number of nitrogens with two attached hydrogens (primary N) is 1. The highest BCUT2D eigenvalue weighted by Crippen LogP contribution is 2.36. The molecule has 1 amide bonds. The number of nitrogens with one attached hydrogen (secondary N) is 1. The Balaban J connectivity index is 2.68. The Morgan fingerprint density at radius 1 is 1.50 bits per heavy atom. The van der Waals surface area contributed by atoms with Crippen LogP contribution < -0.4 is 11.1 Å². The molecule has 0 aliphatic heterocycles. The molecule has 1 fully saturated rings. The van der Waals surface area contributed by atoms with E-state index >= 15 is 0 Å². The van der Waals surface area contributed by atoms with Gasteiger partial charge in [-0.3, -0.25) is 9.59 Å². The van der Waals surface area contributed by atoms with Crippen LogP contribution in [0.1, 0.15) is 52.4 Å². The number of carbonyl (C=O) groups is 2. The van der Waals surface area contributed by atoms with Crippen LogP contribution in [0.2, 0.25) is 0 Å². The highest BCUT2D eigenvalue weighted by atomic mass is 16.4. The fourth-order valence-corrected chi connectivity index (χ4v) is 2.54. The Labute approximate surface area is 108 Å². The highest BCUT2D eigenvalue weighted by molar-refractivity contribution is 5.83. The summed E-state index contributed by atoms with van der Waals surface area (Å²) in [7, 11) is 0. The second-order valence-corrected chi connectivity index (χ2v) is 5.42. The zero-order chi connectivity index (χ0) is 13.8. The van der Waals surface area contributed by atoms with Gasteiger partial charge in [-0.15, -0.1) is 0 Å². The molecule has 2 unspecified atom stereocenters. The molecule has 0 aromatic rings. The van der Waals surface area contributed by atoms with Crippen molar-refractivity contribution in [2.45, 2.75) is 64.5 Å². The summed E-state index contributed by atoms with van der Waals surface area (Å²) in [6.45, 7) is 3.68. The minimum absolute atomic E-state index is 0.226. The molecule has 0 heterocycles. The van der Waals surface area contributed by atoms with Gasteiger partial charge in [0.05, 0.1) is 11.5 Å². The summed E-state index contributed by atoms with van der Waals surface area (Å²) in [5.74, 6) is -1.06. The lowest BCUT2D eigenvalue weighted by atomic mass is 9.71. The van der Waals surface area contributed by atoms with E-state index in [4.69, 9.17) is 5.73 Å². The standard InChI is InChI=1S/C13H24N2O3/c1-3-6-9(14)11(16)15-10-7-4-5-8-13(10,2)12(17)18/h9-10H,3-8,14H2,1-2H3,(H,15,16)(H,17,18)/t9-,10?,13?/m1/s1. The largest absolute Gasteiger partial charge is 0.481 e. The molecule has 5 nitrogen and oxygen atoms in total. The van der Waals surface area contributed by atoms with Gasteiger partial charge in [-0.05, 0) is 26.2 Å². The highest BCUT2D eigenvalue weighted by Gasteiger charge is 2.44. The van der Waals surface area contributed by atoms with E-state index in [1.54, 1.807) is 6.92 Å². The number of hydrogen-bond acceptors (Lipinski definition) is 3. The number of aliphatic carboxylic acids is 1. The van der Waals surface area contributed by atoms with Crippen molar-refractivity contribution < 1.29 is 14.7 Å². The van der Waals surface area contributed by atoms with Gasteiger partial charge in [0.1, 0.15) is 0 Å². The first-order chi connectivity index (χ1) is 8.41. The summed E-state index contributed by atoms with van der Waals surface area (Å²) >= 11 is 0. The summed E-state index contributed by atoms with van der Waals surface area (Å²) in [6.07, 6.45) is 4.65. The average molecular weight is 256 g/mol. The zero-order valence-corrected chi connectivity index (χ0v) is 11.2. The fraction of sp³-hybridized carbons (Fsp3) is 0.846. The van der Waals surface area contributed by atoms with Crippen LogP contribution in [0.5, 0.6) is 0 Å². The predicted molar refractivity (Wildman–Crippen MR) is 69.0 cm³/mol. The van der Waals surface area contributed by atoms with Crippen LogP contribution in [0, 0.1) is 5.41 Å². The number of carbonyl (C=O) groups excluding carboxylic acids is 1. The molecule has 1 rings (SSSR count). The maximum Gasteiger partial charge on any atom is 0.311 e. The smallest absolute Gasteiger partial charge is 0.311 e. The zero-order valence-electron chi connectivity index (χ0n) is 11.2. The Kier molecular flexibility index (Phi) is 5.14. The quantitative estimate of drug-likeness (QED) is 0.690. The molecule has 1 aliphatic rings. The Hall–Kier alpha value is -1.10. The van der Waals surface area contributed by atoms with E-state index in [0.29, 0.717) is 19.3 Å². The molecule has 4 N–H and O–H groups in total. The molecular weight excluding hydrogens is 232 g/mol. The number of amides is 1. The number of rotatable bonds is 5. The van der Waals surface area contributed by atoms with Gasteiger partial charge in [0, 0.05) is 6.04 Å². The molecule has 1 saturated carbocycles. The molecule has 0 saturated heterocycles. The monoisotopic (exact) mass is 256 g/mol. The summed E-state index contributed by atoms with van der Waals surface area (Å²) < 4.78 is 0. The lowest BCUT2D eigenvalue weighted by molar-refractivity contribution is -0.152. The summed E-state index contributed by atoms with van der Waals surface area (Å²) in [5.41, 5.74) is 4.89. The maximum atomic E-state index is 11.9. The van der Waals surface area contributed by atoms with Crippen LogP contribution in [0.15, 0.2) is 0 Å². The van der Waals surface area contributed by atoms with Crippen LogP contribution >= 0.6 is 0 Å². The summed E-state index contributed by atoms with van der Waals surface area (Å²) in [6, 6.07) is -0.839. The topological polar surface area (TPSA) is 92.4 Å². The predicted octanol–water partition coefficient (Wildman–Crippen LogP) is 1.26. The second kappa shape index (κ2) is 6.18. The van der Waals surface area contributed by atoms with Crippen molar-refractivity contribution in [1.29, 1.82) is 0 Å². The molecule has 104 valence electrons. The van der Waals surface area contributed by atoms with Crippen LogP contribution in [0.4, 0.5) is 0 Å². The number of carboxylic acids is 1. The van der Waals surface area contributed by atoms with E-state index in [2.05, 4.69) is 5.32 Å². The van der Waals surface area contributed by atoms with E-state index in [-0.39, 0.29) is 11.9 Å². The van der Waals surface area contributed by atoms with Gasteiger partial charge in [-0.1, -0.05) is 26.2 Å². The normalized spacial score (nSPS) is 29.6. The van der Waals surface area contributed by atoms with Gasteiger partial charge in [0.25, 0.3) is 0 Å². The van der Waals surface area contributed by atoms with Crippen molar-refractivity contribution in [1.82, 2.24) is 5.32 Å².